The van der Waals surface area contributed by atoms with E-state index in [4.69, 9.17) is 4.52 Å². The van der Waals surface area contributed by atoms with Crippen molar-refractivity contribution in [2.75, 3.05) is 7.05 Å². The zero-order chi connectivity index (χ0) is 19.4. The van der Waals surface area contributed by atoms with Gasteiger partial charge in [0.15, 0.2) is 0 Å². The van der Waals surface area contributed by atoms with E-state index in [1.165, 1.54) is 4.90 Å². The Kier molecular flexibility index (Phi) is 5.39. The third-order valence-electron chi connectivity index (χ3n) is 4.25. The molecule has 3 rings (SSSR count). The summed E-state index contributed by atoms with van der Waals surface area (Å²) in [5.41, 5.74) is 2.69. The lowest BCUT2D eigenvalue weighted by Crippen LogP contribution is -2.27. The number of carbonyl (C=O) groups excluding carboxylic acids is 1. The van der Waals surface area contributed by atoms with Crippen molar-refractivity contribution >= 4 is 5.91 Å². The van der Waals surface area contributed by atoms with Crippen LogP contribution in [0.15, 0.2) is 33.8 Å². The van der Waals surface area contributed by atoms with Crippen molar-refractivity contribution in [1.29, 1.82) is 0 Å². The van der Waals surface area contributed by atoms with Crippen LogP contribution in [0.4, 0.5) is 0 Å². The number of nitrogens with one attached hydrogen (secondary N) is 1. The van der Waals surface area contributed by atoms with Gasteiger partial charge in [-0.05, 0) is 38.0 Å². The van der Waals surface area contributed by atoms with Crippen LogP contribution in [0.25, 0.3) is 11.4 Å². The molecule has 1 amide bonds. The van der Waals surface area contributed by atoms with Gasteiger partial charge in [0.25, 0.3) is 0 Å². The number of aromatic amines is 1. The highest BCUT2D eigenvalue weighted by Crippen LogP contribution is 2.15. The zero-order valence-electron chi connectivity index (χ0n) is 15.4. The van der Waals surface area contributed by atoms with Crippen molar-refractivity contribution in [1.82, 2.24) is 30.0 Å². The Morgan fingerprint density at radius 1 is 1.22 bits per heavy atom. The lowest BCUT2D eigenvalue weighted by Gasteiger charge is -2.15. The summed E-state index contributed by atoms with van der Waals surface area (Å²) in [6.45, 7) is 3.79. The Morgan fingerprint density at radius 2 is 1.96 bits per heavy atom. The van der Waals surface area contributed by atoms with E-state index in [9.17, 15) is 9.59 Å². The van der Waals surface area contributed by atoms with Crippen molar-refractivity contribution in [2.45, 2.75) is 33.2 Å². The maximum atomic E-state index is 12.4. The predicted octanol–water partition coefficient (Wildman–Crippen LogP) is 1.42. The molecular formula is C18H20N6O3. The second-order valence-corrected chi connectivity index (χ2v) is 6.23. The summed E-state index contributed by atoms with van der Waals surface area (Å²) in [5, 5.41) is 3.93. The van der Waals surface area contributed by atoms with Crippen molar-refractivity contribution in [3.8, 4) is 11.4 Å². The third kappa shape index (κ3) is 4.43. The van der Waals surface area contributed by atoms with Gasteiger partial charge in [-0.3, -0.25) is 9.78 Å². The SMILES string of the molecule is Cc1nc(=O)[nH]c(C)c1CCC(=O)N(C)Cc1nc(-c2ccncc2)no1. The Bertz CT molecular complexity index is 970. The maximum Gasteiger partial charge on any atom is 0.345 e. The van der Waals surface area contributed by atoms with Gasteiger partial charge in [0, 0.05) is 42.8 Å². The molecule has 0 aromatic carbocycles. The van der Waals surface area contributed by atoms with Crippen molar-refractivity contribution in [3.63, 3.8) is 0 Å². The molecule has 0 aliphatic rings. The lowest BCUT2D eigenvalue weighted by atomic mass is 10.1. The maximum absolute atomic E-state index is 12.4. The number of carbonyl (C=O) groups is 1. The number of H-pyrrole nitrogens is 1. The minimum Gasteiger partial charge on any atom is -0.337 e. The second kappa shape index (κ2) is 7.90. The number of aryl methyl sites for hydroxylation is 2. The number of amides is 1. The molecule has 0 aliphatic carbocycles. The molecule has 0 fully saturated rings. The highest BCUT2D eigenvalue weighted by Gasteiger charge is 2.16. The highest BCUT2D eigenvalue weighted by atomic mass is 16.5. The standard InChI is InChI=1S/C18H20N6O3/c1-11-14(12(2)21-18(26)20-11)4-5-16(25)24(3)10-15-22-17(23-27-15)13-6-8-19-9-7-13/h6-9H,4-5,10H2,1-3H3,(H,20,21,26). The van der Waals surface area contributed by atoms with E-state index in [2.05, 4.69) is 25.1 Å². The van der Waals surface area contributed by atoms with Crippen LogP contribution in [-0.2, 0) is 17.8 Å². The smallest absolute Gasteiger partial charge is 0.337 e. The first-order chi connectivity index (χ1) is 12.9. The zero-order valence-corrected chi connectivity index (χ0v) is 15.4. The summed E-state index contributed by atoms with van der Waals surface area (Å²) in [6, 6.07) is 3.57. The number of hydrogen-bond acceptors (Lipinski definition) is 7. The van der Waals surface area contributed by atoms with Gasteiger partial charge >= 0.3 is 5.69 Å². The number of pyridine rings is 1. The first-order valence-electron chi connectivity index (χ1n) is 8.47. The molecule has 0 radical (unpaired) electrons. The van der Waals surface area contributed by atoms with Crippen LogP contribution in [0.1, 0.15) is 29.3 Å². The second-order valence-electron chi connectivity index (χ2n) is 6.23. The van der Waals surface area contributed by atoms with Gasteiger partial charge in [0.1, 0.15) is 0 Å². The van der Waals surface area contributed by atoms with E-state index < -0.39 is 0 Å². The van der Waals surface area contributed by atoms with Crippen LogP contribution in [0.5, 0.6) is 0 Å². The van der Waals surface area contributed by atoms with Gasteiger partial charge in [-0.15, -0.1) is 0 Å². The number of rotatable bonds is 6. The molecule has 0 saturated heterocycles. The molecule has 9 heteroatoms. The number of nitrogens with zero attached hydrogens (tertiary/aromatic N) is 5. The fraction of sp³-hybridized carbons (Fsp3) is 0.333. The third-order valence-corrected chi connectivity index (χ3v) is 4.25. The molecule has 0 unspecified atom stereocenters. The molecular weight excluding hydrogens is 348 g/mol. The van der Waals surface area contributed by atoms with Gasteiger partial charge in [-0.1, -0.05) is 5.16 Å². The quantitative estimate of drug-likeness (QED) is 0.699. The monoisotopic (exact) mass is 368 g/mol. The summed E-state index contributed by atoms with van der Waals surface area (Å²) in [7, 11) is 1.68. The summed E-state index contributed by atoms with van der Waals surface area (Å²) in [5.74, 6) is 0.748. The van der Waals surface area contributed by atoms with E-state index in [1.807, 2.05) is 0 Å². The van der Waals surface area contributed by atoms with E-state index in [0.717, 1.165) is 16.8 Å². The molecule has 0 aliphatic heterocycles. The molecule has 0 spiro atoms. The van der Waals surface area contributed by atoms with Gasteiger partial charge in [-0.2, -0.15) is 9.97 Å². The van der Waals surface area contributed by atoms with Gasteiger partial charge in [-0.25, -0.2) is 4.79 Å². The first-order valence-corrected chi connectivity index (χ1v) is 8.47. The van der Waals surface area contributed by atoms with Crippen LogP contribution >= 0.6 is 0 Å². The molecule has 140 valence electrons. The van der Waals surface area contributed by atoms with Crippen LogP contribution in [-0.4, -0.2) is 42.9 Å². The molecule has 27 heavy (non-hydrogen) atoms. The first kappa shape index (κ1) is 18.4. The van der Waals surface area contributed by atoms with Crippen LogP contribution in [0, 0.1) is 13.8 Å². The largest absolute Gasteiger partial charge is 0.345 e. The molecule has 3 heterocycles. The summed E-state index contributed by atoms with van der Waals surface area (Å²) in [4.78, 5) is 40.1. The average Bonchev–Trinajstić information content (AvgIpc) is 3.09. The lowest BCUT2D eigenvalue weighted by molar-refractivity contribution is -0.130. The number of hydrogen-bond donors (Lipinski definition) is 1. The van der Waals surface area contributed by atoms with Gasteiger partial charge in [0.05, 0.1) is 6.54 Å². The Hall–Kier alpha value is -3.36. The molecule has 9 nitrogen and oxygen atoms in total. The fourth-order valence-electron chi connectivity index (χ4n) is 2.77. The predicted molar refractivity (Wildman–Crippen MR) is 96.7 cm³/mol. The summed E-state index contributed by atoms with van der Waals surface area (Å²) in [6.07, 6.45) is 4.08. The van der Waals surface area contributed by atoms with E-state index in [-0.39, 0.29) is 24.6 Å². The van der Waals surface area contributed by atoms with Crippen molar-refractivity contribution in [2.24, 2.45) is 0 Å². The van der Waals surface area contributed by atoms with Crippen LogP contribution in [0.3, 0.4) is 0 Å². The minimum absolute atomic E-state index is 0.0661. The molecule has 3 aromatic rings. The normalized spacial score (nSPS) is 10.8. The number of aromatic nitrogens is 5. The fourth-order valence-corrected chi connectivity index (χ4v) is 2.77. The molecule has 0 atom stereocenters. The summed E-state index contributed by atoms with van der Waals surface area (Å²) < 4.78 is 5.23. The van der Waals surface area contributed by atoms with E-state index >= 15 is 0 Å². The van der Waals surface area contributed by atoms with E-state index in [1.54, 1.807) is 45.4 Å². The van der Waals surface area contributed by atoms with Gasteiger partial charge in [0.2, 0.25) is 17.6 Å². The molecule has 0 saturated carbocycles. The molecule has 0 bridgehead atoms. The van der Waals surface area contributed by atoms with Gasteiger partial charge < -0.3 is 14.4 Å². The van der Waals surface area contributed by atoms with Crippen LogP contribution in [0.2, 0.25) is 0 Å². The Labute approximate surface area is 155 Å². The van der Waals surface area contributed by atoms with E-state index in [0.29, 0.717) is 23.8 Å². The topological polar surface area (TPSA) is 118 Å². The Balaban J connectivity index is 1.60. The average molecular weight is 368 g/mol. The van der Waals surface area contributed by atoms with Crippen molar-refractivity contribution < 1.29 is 9.32 Å². The highest BCUT2D eigenvalue weighted by molar-refractivity contribution is 5.76. The Morgan fingerprint density at radius 3 is 2.67 bits per heavy atom. The van der Waals surface area contributed by atoms with Crippen LogP contribution < -0.4 is 5.69 Å². The minimum atomic E-state index is -0.376. The summed E-state index contributed by atoms with van der Waals surface area (Å²) >= 11 is 0. The molecule has 1 N–H and O–H groups in total. The van der Waals surface area contributed by atoms with Crippen molar-refractivity contribution in [3.05, 3.63) is 57.9 Å². The molecule has 3 aromatic heterocycles.